The number of hydrogen-bond donors (Lipinski definition) is 2. The Labute approximate surface area is 166 Å². The molecule has 0 atom stereocenters. The number of aromatic nitrogens is 2. The third kappa shape index (κ3) is 4.52. The Kier molecular flexibility index (Phi) is 6.00. The predicted molar refractivity (Wildman–Crippen MR) is 109 cm³/mol. The molecule has 1 aromatic heterocycles. The van der Waals surface area contributed by atoms with Crippen molar-refractivity contribution in [2.75, 3.05) is 18.2 Å². The van der Waals surface area contributed by atoms with Gasteiger partial charge in [0.25, 0.3) is 5.56 Å². The number of anilines is 1. The topological polar surface area (TPSA) is 93.4 Å². The first-order valence-corrected chi connectivity index (χ1v) is 9.42. The molecule has 0 spiro atoms. The molecule has 1 heterocycles. The van der Waals surface area contributed by atoms with Gasteiger partial charge in [-0.2, -0.15) is 4.98 Å². The molecule has 28 heavy (non-hydrogen) atoms. The molecule has 2 aromatic carbocycles. The van der Waals surface area contributed by atoms with Gasteiger partial charge in [0.15, 0.2) is 5.16 Å². The Morgan fingerprint density at radius 1 is 1.21 bits per heavy atom. The summed E-state index contributed by atoms with van der Waals surface area (Å²) in [7, 11) is 1.50. The maximum absolute atomic E-state index is 12.5. The van der Waals surface area contributed by atoms with Crippen LogP contribution in [0, 0.1) is 6.92 Å². The molecule has 0 bridgehead atoms. The van der Waals surface area contributed by atoms with Crippen molar-refractivity contribution in [2.45, 2.75) is 12.1 Å². The van der Waals surface area contributed by atoms with Crippen LogP contribution in [0.3, 0.4) is 0 Å². The number of aryl methyl sites for hydroxylation is 1. The number of ether oxygens (including phenoxy) is 1. The highest BCUT2D eigenvalue weighted by Crippen LogP contribution is 2.26. The standard InChI is InChI=1S/C20H19N3O4S/c1-13-7-9-14(10-8-13)21-18(25)12-28-20-22-17(24)11-19(26)23(20)15-5-3-4-6-16(15)27-2/h3-11,24H,12H2,1-2H3,(H,21,25). The van der Waals surface area contributed by atoms with E-state index in [0.29, 0.717) is 17.1 Å². The average molecular weight is 397 g/mol. The fourth-order valence-corrected chi connectivity index (χ4v) is 3.35. The molecule has 0 aliphatic carbocycles. The smallest absolute Gasteiger partial charge is 0.262 e. The summed E-state index contributed by atoms with van der Waals surface area (Å²) in [5.41, 5.74) is 1.78. The summed E-state index contributed by atoms with van der Waals surface area (Å²) in [4.78, 5) is 28.8. The van der Waals surface area contributed by atoms with E-state index in [1.54, 1.807) is 24.3 Å². The van der Waals surface area contributed by atoms with Crippen molar-refractivity contribution in [3.8, 4) is 17.3 Å². The van der Waals surface area contributed by atoms with Gasteiger partial charge in [-0.3, -0.25) is 14.2 Å². The maximum atomic E-state index is 12.5. The fraction of sp³-hybridized carbons (Fsp3) is 0.150. The summed E-state index contributed by atoms with van der Waals surface area (Å²) in [6.45, 7) is 1.96. The van der Waals surface area contributed by atoms with Crippen LogP contribution in [0.4, 0.5) is 5.69 Å². The number of hydrogen-bond acceptors (Lipinski definition) is 6. The molecule has 0 fully saturated rings. The van der Waals surface area contributed by atoms with E-state index in [0.717, 1.165) is 23.4 Å². The van der Waals surface area contributed by atoms with Crippen molar-refractivity contribution >= 4 is 23.4 Å². The van der Waals surface area contributed by atoms with E-state index < -0.39 is 11.4 Å². The van der Waals surface area contributed by atoms with Crippen LogP contribution in [0.25, 0.3) is 5.69 Å². The Hall–Kier alpha value is -3.26. The number of benzene rings is 2. The highest BCUT2D eigenvalue weighted by atomic mass is 32.2. The zero-order chi connectivity index (χ0) is 20.1. The molecule has 8 heteroatoms. The summed E-state index contributed by atoms with van der Waals surface area (Å²) in [5.74, 6) is -0.169. The number of nitrogens with zero attached hydrogens (tertiary/aromatic N) is 2. The van der Waals surface area contributed by atoms with Gasteiger partial charge in [-0.15, -0.1) is 0 Å². The second-order valence-corrected chi connectivity index (χ2v) is 6.89. The summed E-state index contributed by atoms with van der Waals surface area (Å²) in [6, 6.07) is 15.4. The molecule has 0 radical (unpaired) electrons. The molecule has 0 unspecified atom stereocenters. The number of carbonyl (C=O) groups excluding carboxylic acids is 1. The van der Waals surface area contributed by atoms with Crippen molar-refractivity contribution in [1.82, 2.24) is 9.55 Å². The Bertz CT molecular complexity index is 1050. The highest BCUT2D eigenvalue weighted by Gasteiger charge is 2.16. The van der Waals surface area contributed by atoms with E-state index >= 15 is 0 Å². The molecule has 144 valence electrons. The molecule has 3 rings (SSSR count). The predicted octanol–water partition coefficient (Wildman–Crippen LogP) is 2.99. The van der Waals surface area contributed by atoms with Crippen LogP contribution in [-0.2, 0) is 4.79 Å². The van der Waals surface area contributed by atoms with Crippen LogP contribution in [0.5, 0.6) is 11.6 Å². The summed E-state index contributed by atoms with van der Waals surface area (Å²) in [6.07, 6.45) is 0. The van der Waals surface area contributed by atoms with Crippen molar-refractivity contribution in [3.63, 3.8) is 0 Å². The Morgan fingerprint density at radius 3 is 2.64 bits per heavy atom. The number of methoxy groups -OCH3 is 1. The SMILES string of the molecule is COc1ccccc1-n1c(SCC(=O)Nc2ccc(C)cc2)nc(O)cc1=O. The number of amides is 1. The normalized spacial score (nSPS) is 10.5. The van der Waals surface area contributed by atoms with Gasteiger partial charge in [0.1, 0.15) is 5.75 Å². The van der Waals surface area contributed by atoms with Gasteiger partial charge >= 0.3 is 0 Å². The van der Waals surface area contributed by atoms with Gasteiger partial charge in [-0.1, -0.05) is 41.6 Å². The molecular formula is C20H19N3O4S. The molecule has 0 saturated carbocycles. The van der Waals surface area contributed by atoms with Crippen molar-refractivity contribution in [2.24, 2.45) is 0 Å². The molecule has 0 aliphatic heterocycles. The monoisotopic (exact) mass is 397 g/mol. The van der Waals surface area contributed by atoms with E-state index in [4.69, 9.17) is 4.74 Å². The largest absolute Gasteiger partial charge is 0.495 e. The zero-order valence-corrected chi connectivity index (χ0v) is 16.2. The van der Waals surface area contributed by atoms with Gasteiger partial charge < -0.3 is 15.2 Å². The Balaban J connectivity index is 1.84. The summed E-state index contributed by atoms with van der Waals surface area (Å²) < 4.78 is 6.62. The van der Waals surface area contributed by atoms with Crippen LogP contribution in [0.15, 0.2) is 64.5 Å². The number of carbonyl (C=O) groups is 1. The molecule has 7 nitrogen and oxygen atoms in total. The first-order chi connectivity index (χ1) is 13.5. The second-order valence-electron chi connectivity index (χ2n) is 5.95. The van der Waals surface area contributed by atoms with Crippen LogP contribution in [0.1, 0.15) is 5.56 Å². The lowest BCUT2D eigenvalue weighted by molar-refractivity contribution is -0.113. The molecular weight excluding hydrogens is 378 g/mol. The molecule has 0 aliphatic rings. The number of aromatic hydroxyl groups is 1. The van der Waals surface area contributed by atoms with E-state index in [1.807, 2.05) is 31.2 Å². The van der Waals surface area contributed by atoms with Crippen LogP contribution in [0.2, 0.25) is 0 Å². The number of thioether (sulfide) groups is 1. The van der Waals surface area contributed by atoms with Crippen LogP contribution < -0.4 is 15.6 Å². The van der Waals surface area contributed by atoms with Crippen LogP contribution in [-0.4, -0.2) is 33.4 Å². The lowest BCUT2D eigenvalue weighted by atomic mass is 10.2. The highest BCUT2D eigenvalue weighted by molar-refractivity contribution is 7.99. The minimum absolute atomic E-state index is 0.0128. The Morgan fingerprint density at radius 2 is 1.93 bits per heavy atom. The average Bonchev–Trinajstić information content (AvgIpc) is 2.68. The van der Waals surface area contributed by atoms with Gasteiger partial charge in [0.2, 0.25) is 11.8 Å². The maximum Gasteiger partial charge on any atom is 0.262 e. The lowest BCUT2D eigenvalue weighted by Gasteiger charge is -2.14. The third-order valence-corrected chi connectivity index (χ3v) is 4.81. The number of nitrogens with one attached hydrogen (secondary N) is 1. The first-order valence-electron chi connectivity index (χ1n) is 8.43. The second kappa shape index (κ2) is 8.62. The van der Waals surface area contributed by atoms with E-state index in [-0.39, 0.29) is 16.8 Å². The lowest BCUT2D eigenvalue weighted by Crippen LogP contribution is -2.22. The molecule has 1 amide bonds. The minimum Gasteiger partial charge on any atom is -0.495 e. The van der Waals surface area contributed by atoms with Crippen molar-refractivity contribution < 1.29 is 14.6 Å². The van der Waals surface area contributed by atoms with E-state index in [2.05, 4.69) is 10.3 Å². The van der Waals surface area contributed by atoms with Gasteiger partial charge in [-0.05, 0) is 31.2 Å². The van der Waals surface area contributed by atoms with Crippen molar-refractivity contribution in [3.05, 3.63) is 70.5 Å². The zero-order valence-electron chi connectivity index (χ0n) is 15.4. The van der Waals surface area contributed by atoms with Gasteiger partial charge in [-0.25, -0.2) is 0 Å². The fourth-order valence-electron chi connectivity index (χ4n) is 2.55. The quantitative estimate of drug-likeness (QED) is 0.491. The van der Waals surface area contributed by atoms with Crippen molar-refractivity contribution in [1.29, 1.82) is 0 Å². The molecule has 2 N–H and O–H groups in total. The third-order valence-electron chi connectivity index (χ3n) is 3.87. The molecule has 0 saturated heterocycles. The van der Waals surface area contributed by atoms with E-state index in [1.165, 1.54) is 11.7 Å². The van der Waals surface area contributed by atoms with E-state index in [9.17, 15) is 14.7 Å². The number of para-hydroxylation sites is 2. The summed E-state index contributed by atoms with van der Waals surface area (Å²) in [5, 5.41) is 12.7. The van der Waals surface area contributed by atoms with Gasteiger partial charge in [0.05, 0.1) is 24.6 Å². The first kappa shape index (κ1) is 19.5. The molecule has 3 aromatic rings. The summed E-state index contributed by atoms with van der Waals surface area (Å²) >= 11 is 1.04. The van der Waals surface area contributed by atoms with Gasteiger partial charge in [0, 0.05) is 5.69 Å². The number of rotatable bonds is 6. The minimum atomic E-state index is -0.474. The van der Waals surface area contributed by atoms with Crippen LogP contribution >= 0.6 is 11.8 Å².